The van der Waals surface area contributed by atoms with E-state index in [-0.39, 0.29) is 0 Å². The molecule has 2 aromatic rings. The third-order valence-electron chi connectivity index (χ3n) is 4.58. The van der Waals surface area contributed by atoms with Crippen LogP contribution < -0.4 is 0 Å². The lowest BCUT2D eigenvalue weighted by Gasteiger charge is -2.20. The first kappa shape index (κ1) is 15.4. The number of hydrogen-bond donors (Lipinski definition) is 0. The van der Waals surface area contributed by atoms with Gasteiger partial charge in [0.25, 0.3) is 0 Å². The molecule has 1 saturated heterocycles. The van der Waals surface area contributed by atoms with E-state index in [9.17, 15) is 0 Å². The molecule has 2 aromatic heterocycles. The maximum atomic E-state index is 5.20. The van der Waals surface area contributed by atoms with Crippen LogP contribution in [0.5, 0.6) is 0 Å². The molecule has 1 aliphatic heterocycles. The Hall–Kier alpha value is -1.46. The van der Waals surface area contributed by atoms with Crippen LogP contribution in [-0.2, 0) is 11.3 Å². The van der Waals surface area contributed by atoms with Gasteiger partial charge in [-0.25, -0.2) is 9.97 Å². The van der Waals surface area contributed by atoms with Crippen LogP contribution in [0.3, 0.4) is 0 Å². The van der Waals surface area contributed by atoms with Crippen LogP contribution in [0.25, 0.3) is 11.2 Å². The Labute approximate surface area is 132 Å². The third kappa shape index (κ3) is 3.01. The highest BCUT2D eigenvalue weighted by molar-refractivity contribution is 5.71. The quantitative estimate of drug-likeness (QED) is 0.770. The average molecular weight is 302 g/mol. The second kappa shape index (κ2) is 6.75. The maximum absolute atomic E-state index is 5.20. The van der Waals surface area contributed by atoms with Crippen molar-refractivity contribution in [2.75, 3.05) is 26.8 Å². The molecule has 5 heteroatoms. The van der Waals surface area contributed by atoms with Crippen molar-refractivity contribution in [1.82, 2.24) is 19.4 Å². The lowest BCUT2D eigenvalue weighted by Crippen LogP contribution is -2.28. The first-order valence-corrected chi connectivity index (χ1v) is 8.25. The number of rotatable bonds is 6. The molecule has 0 amide bonds. The Balaban J connectivity index is 1.89. The van der Waals surface area contributed by atoms with Gasteiger partial charge < -0.3 is 14.2 Å². The fraction of sp³-hybridized carbons (Fsp3) is 0.647. The van der Waals surface area contributed by atoms with Gasteiger partial charge in [-0.1, -0.05) is 0 Å². The molecule has 120 valence electrons. The number of likely N-dealkylation sites (tertiary alicyclic amines) is 1. The summed E-state index contributed by atoms with van der Waals surface area (Å²) in [4.78, 5) is 12.0. The molecule has 3 rings (SSSR count). The minimum atomic E-state index is 0.513. The Morgan fingerprint density at radius 2 is 2.27 bits per heavy atom. The highest BCUT2D eigenvalue weighted by Crippen LogP contribution is 2.30. The summed E-state index contributed by atoms with van der Waals surface area (Å²) >= 11 is 0. The number of fused-ring (bicyclic) bond motifs is 1. The van der Waals surface area contributed by atoms with E-state index in [0.29, 0.717) is 12.0 Å². The number of aryl methyl sites for hydroxylation is 1. The van der Waals surface area contributed by atoms with Gasteiger partial charge in [0.05, 0.1) is 0 Å². The molecule has 1 aliphatic rings. The van der Waals surface area contributed by atoms with Crippen LogP contribution in [0.15, 0.2) is 18.3 Å². The Morgan fingerprint density at radius 1 is 1.41 bits per heavy atom. The molecule has 0 bridgehead atoms. The zero-order chi connectivity index (χ0) is 15.5. The van der Waals surface area contributed by atoms with Crippen LogP contribution in [0, 0.1) is 0 Å². The van der Waals surface area contributed by atoms with Crippen LogP contribution in [0.1, 0.15) is 38.4 Å². The van der Waals surface area contributed by atoms with Gasteiger partial charge >= 0.3 is 0 Å². The molecule has 0 N–H and O–H groups in total. The second-order valence-electron chi connectivity index (χ2n) is 6.39. The summed E-state index contributed by atoms with van der Waals surface area (Å²) in [6.45, 7) is 8.50. The summed E-state index contributed by atoms with van der Waals surface area (Å²) in [6.07, 6.45) is 4.04. The standard InChI is InChI=1S/C17H26N4O/c1-13(2)20-10-7-14(12-20)16-19-15-6-4-8-18-17(15)21(16)9-5-11-22-3/h4,6,8,13-14H,5,7,9-12H2,1-3H3. The molecule has 3 heterocycles. The van der Waals surface area contributed by atoms with Gasteiger partial charge in [-0.2, -0.15) is 0 Å². The highest BCUT2D eigenvalue weighted by atomic mass is 16.5. The topological polar surface area (TPSA) is 43.2 Å². The predicted molar refractivity (Wildman–Crippen MR) is 88.1 cm³/mol. The average Bonchev–Trinajstić information content (AvgIpc) is 3.12. The van der Waals surface area contributed by atoms with Gasteiger partial charge in [0.15, 0.2) is 5.65 Å². The van der Waals surface area contributed by atoms with E-state index in [0.717, 1.165) is 43.8 Å². The van der Waals surface area contributed by atoms with E-state index < -0.39 is 0 Å². The molecule has 0 radical (unpaired) electrons. The highest BCUT2D eigenvalue weighted by Gasteiger charge is 2.29. The van der Waals surface area contributed by atoms with E-state index >= 15 is 0 Å². The van der Waals surface area contributed by atoms with E-state index in [4.69, 9.17) is 9.72 Å². The number of nitrogens with zero attached hydrogens (tertiary/aromatic N) is 4. The summed E-state index contributed by atoms with van der Waals surface area (Å²) in [6, 6.07) is 4.64. The van der Waals surface area contributed by atoms with Crippen LogP contribution in [0.4, 0.5) is 0 Å². The first-order chi connectivity index (χ1) is 10.7. The molecule has 0 aliphatic carbocycles. The number of ether oxygens (including phenoxy) is 1. The van der Waals surface area contributed by atoms with Crippen LogP contribution >= 0.6 is 0 Å². The molecule has 1 unspecified atom stereocenters. The third-order valence-corrected chi connectivity index (χ3v) is 4.58. The van der Waals surface area contributed by atoms with Gasteiger partial charge in [0.2, 0.25) is 0 Å². The van der Waals surface area contributed by atoms with Gasteiger partial charge in [0, 0.05) is 45.0 Å². The fourth-order valence-corrected chi connectivity index (χ4v) is 3.34. The van der Waals surface area contributed by atoms with Crippen molar-refractivity contribution < 1.29 is 4.74 Å². The van der Waals surface area contributed by atoms with Crippen molar-refractivity contribution in [2.24, 2.45) is 0 Å². The van der Waals surface area contributed by atoms with Crippen molar-refractivity contribution in [3.8, 4) is 0 Å². The summed E-state index contributed by atoms with van der Waals surface area (Å²) in [5, 5.41) is 0. The summed E-state index contributed by atoms with van der Waals surface area (Å²) < 4.78 is 7.51. The van der Waals surface area contributed by atoms with E-state index in [1.165, 1.54) is 12.2 Å². The summed E-state index contributed by atoms with van der Waals surface area (Å²) in [7, 11) is 1.75. The fourth-order valence-electron chi connectivity index (χ4n) is 3.34. The number of pyridine rings is 1. The van der Waals surface area contributed by atoms with Gasteiger partial charge in [-0.3, -0.25) is 0 Å². The molecule has 1 atom stereocenters. The van der Waals surface area contributed by atoms with Gasteiger partial charge in [0.1, 0.15) is 11.3 Å². The van der Waals surface area contributed by atoms with Crippen LogP contribution in [-0.4, -0.2) is 52.3 Å². The molecular formula is C17H26N4O. The lowest BCUT2D eigenvalue weighted by atomic mass is 10.1. The lowest BCUT2D eigenvalue weighted by molar-refractivity contribution is 0.190. The summed E-state index contributed by atoms with van der Waals surface area (Å²) in [5.41, 5.74) is 2.02. The smallest absolute Gasteiger partial charge is 0.159 e. The van der Waals surface area contributed by atoms with Crippen molar-refractivity contribution in [3.63, 3.8) is 0 Å². The van der Waals surface area contributed by atoms with Crippen molar-refractivity contribution in [1.29, 1.82) is 0 Å². The SMILES string of the molecule is COCCCn1c(C2CCN(C(C)C)C2)nc2cccnc21. The molecule has 0 spiro atoms. The Bertz CT molecular complexity index is 622. The van der Waals surface area contributed by atoms with Crippen molar-refractivity contribution in [2.45, 2.75) is 45.2 Å². The maximum Gasteiger partial charge on any atom is 0.159 e. The molecule has 1 fully saturated rings. The molecule has 22 heavy (non-hydrogen) atoms. The van der Waals surface area contributed by atoms with E-state index in [1.54, 1.807) is 7.11 Å². The number of hydrogen-bond acceptors (Lipinski definition) is 4. The monoisotopic (exact) mass is 302 g/mol. The molecule has 0 saturated carbocycles. The zero-order valence-corrected chi connectivity index (χ0v) is 13.8. The number of aromatic nitrogens is 3. The largest absolute Gasteiger partial charge is 0.385 e. The normalized spacial score (nSPS) is 19.5. The molecular weight excluding hydrogens is 276 g/mol. The minimum Gasteiger partial charge on any atom is -0.385 e. The van der Waals surface area contributed by atoms with Crippen molar-refractivity contribution >= 4 is 11.2 Å². The predicted octanol–water partition coefficient (Wildman–Crippen LogP) is 2.67. The Morgan fingerprint density at radius 3 is 3.00 bits per heavy atom. The van der Waals surface area contributed by atoms with E-state index in [2.05, 4.69) is 34.4 Å². The molecule has 5 nitrogen and oxygen atoms in total. The minimum absolute atomic E-state index is 0.513. The first-order valence-electron chi connectivity index (χ1n) is 8.25. The molecule has 0 aromatic carbocycles. The van der Waals surface area contributed by atoms with E-state index in [1.807, 2.05) is 12.3 Å². The summed E-state index contributed by atoms with van der Waals surface area (Å²) in [5.74, 6) is 1.71. The van der Waals surface area contributed by atoms with Crippen molar-refractivity contribution in [3.05, 3.63) is 24.2 Å². The second-order valence-corrected chi connectivity index (χ2v) is 6.39. The number of imidazole rings is 1. The van der Waals surface area contributed by atoms with Gasteiger partial charge in [-0.05, 0) is 45.4 Å². The van der Waals surface area contributed by atoms with Crippen LogP contribution in [0.2, 0.25) is 0 Å². The Kier molecular flexibility index (Phi) is 4.74. The number of methoxy groups -OCH3 is 1. The van der Waals surface area contributed by atoms with Gasteiger partial charge in [-0.15, -0.1) is 0 Å². The zero-order valence-electron chi connectivity index (χ0n) is 13.8.